The van der Waals surface area contributed by atoms with Crippen LogP contribution in [0.1, 0.15) is 31.2 Å². The van der Waals surface area contributed by atoms with Crippen molar-refractivity contribution < 1.29 is 14.7 Å². The zero-order valence-electron chi connectivity index (χ0n) is 11.5. The molecule has 2 amide bonds. The molecule has 0 bridgehead atoms. The molecule has 5 nitrogen and oxygen atoms in total. The van der Waals surface area contributed by atoms with Crippen molar-refractivity contribution in [3.8, 4) is 0 Å². The Morgan fingerprint density at radius 3 is 2.65 bits per heavy atom. The van der Waals surface area contributed by atoms with E-state index in [1.165, 1.54) is 0 Å². The fourth-order valence-corrected chi connectivity index (χ4v) is 2.89. The van der Waals surface area contributed by atoms with Gasteiger partial charge in [-0.1, -0.05) is 18.2 Å². The normalized spacial score (nSPS) is 20.6. The van der Waals surface area contributed by atoms with Gasteiger partial charge in [-0.05, 0) is 31.4 Å². The molecule has 3 rings (SSSR count). The van der Waals surface area contributed by atoms with Gasteiger partial charge >= 0.3 is 12.0 Å². The van der Waals surface area contributed by atoms with Gasteiger partial charge in [0.2, 0.25) is 0 Å². The summed E-state index contributed by atoms with van der Waals surface area (Å²) in [6, 6.07) is 7.57. The first kappa shape index (κ1) is 13.0. The molecule has 1 aromatic rings. The lowest BCUT2D eigenvalue weighted by Crippen LogP contribution is -2.44. The van der Waals surface area contributed by atoms with E-state index in [4.69, 9.17) is 0 Å². The maximum Gasteiger partial charge on any atom is 0.324 e. The summed E-state index contributed by atoms with van der Waals surface area (Å²) in [5, 5.41) is 9.33. The van der Waals surface area contributed by atoms with E-state index in [-0.39, 0.29) is 12.6 Å². The van der Waals surface area contributed by atoms with Crippen molar-refractivity contribution in [2.24, 2.45) is 0 Å². The molecule has 0 radical (unpaired) electrons. The second-order valence-electron chi connectivity index (χ2n) is 5.36. The minimum Gasteiger partial charge on any atom is -0.481 e. The number of hydrogen-bond acceptors (Lipinski definition) is 2. The number of benzene rings is 1. The number of carboxylic acids is 1. The third kappa shape index (κ3) is 2.03. The van der Waals surface area contributed by atoms with Crippen molar-refractivity contribution in [3.05, 3.63) is 29.8 Å². The SMILES string of the molecule is CCN(C(=O)N1CC(C(=O)O)c2ccccc21)C1CC1. The number of hydrogen-bond donors (Lipinski definition) is 1. The van der Waals surface area contributed by atoms with E-state index < -0.39 is 11.9 Å². The molecule has 1 aliphatic carbocycles. The molecule has 0 aromatic heterocycles. The number of carbonyl (C=O) groups excluding carboxylic acids is 1. The summed E-state index contributed by atoms with van der Waals surface area (Å²) in [6.45, 7) is 2.86. The molecule has 1 aromatic carbocycles. The lowest BCUT2D eigenvalue weighted by atomic mass is 10.0. The molecule has 1 unspecified atom stereocenters. The summed E-state index contributed by atoms with van der Waals surface area (Å²) in [5.41, 5.74) is 1.48. The maximum absolute atomic E-state index is 12.6. The van der Waals surface area contributed by atoms with E-state index in [9.17, 15) is 14.7 Å². The van der Waals surface area contributed by atoms with E-state index in [1.54, 1.807) is 11.0 Å². The molecular formula is C15H18N2O3. The summed E-state index contributed by atoms with van der Waals surface area (Å²) in [5.74, 6) is -1.49. The quantitative estimate of drug-likeness (QED) is 0.919. The summed E-state index contributed by atoms with van der Waals surface area (Å²) >= 11 is 0. The van der Waals surface area contributed by atoms with Gasteiger partial charge in [0.25, 0.3) is 0 Å². The summed E-state index contributed by atoms with van der Waals surface area (Å²) in [6.07, 6.45) is 2.11. The molecule has 0 saturated heterocycles. The molecule has 1 heterocycles. The van der Waals surface area contributed by atoms with Gasteiger partial charge in [-0.2, -0.15) is 0 Å². The number of nitrogens with zero attached hydrogens (tertiary/aromatic N) is 2. The lowest BCUT2D eigenvalue weighted by Gasteiger charge is -2.27. The van der Waals surface area contributed by atoms with Crippen molar-refractivity contribution in [1.82, 2.24) is 4.90 Å². The van der Waals surface area contributed by atoms with Crippen LogP contribution < -0.4 is 4.90 Å². The highest BCUT2D eigenvalue weighted by atomic mass is 16.4. The van der Waals surface area contributed by atoms with Crippen LogP contribution in [0.15, 0.2) is 24.3 Å². The highest BCUT2D eigenvalue weighted by Gasteiger charge is 2.40. The Bertz CT molecular complexity index is 554. The van der Waals surface area contributed by atoms with Gasteiger partial charge in [-0.25, -0.2) is 4.79 Å². The molecule has 1 fully saturated rings. The largest absolute Gasteiger partial charge is 0.481 e. The van der Waals surface area contributed by atoms with Crippen molar-refractivity contribution in [2.45, 2.75) is 31.7 Å². The van der Waals surface area contributed by atoms with Crippen molar-refractivity contribution >= 4 is 17.7 Å². The average Bonchev–Trinajstić information content (AvgIpc) is 3.19. The third-order valence-corrected chi connectivity index (χ3v) is 4.07. The maximum atomic E-state index is 12.6. The zero-order chi connectivity index (χ0) is 14.3. The average molecular weight is 274 g/mol. The van der Waals surface area contributed by atoms with Crippen LogP contribution in [-0.4, -0.2) is 41.1 Å². The van der Waals surface area contributed by atoms with E-state index in [2.05, 4.69) is 0 Å². The zero-order valence-corrected chi connectivity index (χ0v) is 11.5. The van der Waals surface area contributed by atoms with Crippen LogP contribution in [0.4, 0.5) is 10.5 Å². The van der Waals surface area contributed by atoms with Crippen LogP contribution in [0.5, 0.6) is 0 Å². The highest BCUT2D eigenvalue weighted by molar-refractivity contribution is 5.98. The molecular weight excluding hydrogens is 256 g/mol. The topological polar surface area (TPSA) is 60.9 Å². The van der Waals surface area contributed by atoms with Crippen molar-refractivity contribution in [1.29, 1.82) is 0 Å². The van der Waals surface area contributed by atoms with Crippen LogP contribution in [0.2, 0.25) is 0 Å². The van der Waals surface area contributed by atoms with Crippen LogP contribution in [-0.2, 0) is 4.79 Å². The summed E-state index contributed by atoms with van der Waals surface area (Å²) in [4.78, 5) is 27.5. The van der Waals surface area contributed by atoms with Crippen molar-refractivity contribution in [2.75, 3.05) is 18.0 Å². The fourth-order valence-electron chi connectivity index (χ4n) is 2.89. The van der Waals surface area contributed by atoms with Crippen LogP contribution in [0.3, 0.4) is 0 Å². The van der Waals surface area contributed by atoms with Crippen LogP contribution >= 0.6 is 0 Å². The first-order valence-corrected chi connectivity index (χ1v) is 7.03. The Morgan fingerprint density at radius 2 is 2.05 bits per heavy atom. The molecule has 5 heteroatoms. The Labute approximate surface area is 117 Å². The first-order valence-electron chi connectivity index (χ1n) is 7.03. The Morgan fingerprint density at radius 1 is 1.35 bits per heavy atom. The lowest BCUT2D eigenvalue weighted by molar-refractivity contribution is -0.138. The van der Waals surface area contributed by atoms with E-state index >= 15 is 0 Å². The van der Waals surface area contributed by atoms with Gasteiger partial charge in [0, 0.05) is 24.8 Å². The standard InChI is InChI=1S/C15H18N2O3/c1-2-16(10-7-8-10)15(20)17-9-12(14(18)19)11-5-3-4-6-13(11)17/h3-6,10,12H,2,7-9H2,1H3,(H,18,19). The third-order valence-electron chi connectivity index (χ3n) is 4.07. The number of para-hydroxylation sites is 1. The monoisotopic (exact) mass is 274 g/mol. The fraction of sp³-hybridized carbons (Fsp3) is 0.467. The molecule has 1 aliphatic heterocycles. The molecule has 1 saturated carbocycles. The van der Waals surface area contributed by atoms with Crippen LogP contribution in [0, 0.1) is 0 Å². The highest BCUT2D eigenvalue weighted by Crippen LogP contribution is 2.38. The minimum absolute atomic E-state index is 0.0637. The number of fused-ring (bicyclic) bond motifs is 1. The number of urea groups is 1. The molecule has 2 aliphatic rings. The molecule has 1 N–H and O–H groups in total. The minimum atomic E-state index is -0.873. The van der Waals surface area contributed by atoms with Crippen LogP contribution in [0.25, 0.3) is 0 Å². The summed E-state index contributed by atoms with van der Waals surface area (Å²) in [7, 11) is 0. The van der Waals surface area contributed by atoms with Gasteiger partial charge in [0.05, 0.1) is 0 Å². The Balaban J connectivity index is 1.91. The number of anilines is 1. The predicted octanol–water partition coefficient (Wildman–Crippen LogP) is 2.28. The van der Waals surface area contributed by atoms with E-state index in [0.717, 1.165) is 24.1 Å². The van der Waals surface area contributed by atoms with E-state index in [0.29, 0.717) is 12.6 Å². The van der Waals surface area contributed by atoms with Gasteiger partial charge in [-0.3, -0.25) is 9.69 Å². The number of aliphatic carboxylic acids is 1. The second kappa shape index (κ2) is 4.81. The van der Waals surface area contributed by atoms with Gasteiger partial charge in [0.1, 0.15) is 5.92 Å². The number of rotatable bonds is 3. The number of carbonyl (C=O) groups is 2. The Hall–Kier alpha value is -2.04. The van der Waals surface area contributed by atoms with Crippen molar-refractivity contribution in [3.63, 3.8) is 0 Å². The number of carboxylic acid groups (broad SMARTS) is 1. The smallest absolute Gasteiger partial charge is 0.324 e. The Kier molecular flexibility index (Phi) is 3.12. The summed E-state index contributed by atoms with van der Waals surface area (Å²) < 4.78 is 0. The first-order chi connectivity index (χ1) is 9.63. The molecule has 106 valence electrons. The molecule has 20 heavy (non-hydrogen) atoms. The van der Waals surface area contributed by atoms with Gasteiger partial charge in [0.15, 0.2) is 0 Å². The number of amides is 2. The molecule has 0 spiro atoms. The predicted molar refractivity (Wildman–Crippen MR) is 75.0 cm³/mol. The van der Waals surface area contributed by atoms with Gasteiger partial charge < -0.3 is 10.0 Å². The molecule has 1 atom stereocenters. The van der Waals surface area contributed by atoms with E-state index in [1.807, 2.05) is 30.0 Å². The van der Waals surface area contributed by atoms with Gasteiger partial charge in [-0.15, -0.1) is 0 Å². The second-order valence-corrected chi connectivity index (χ2v) is 5.36.